The highest BCUT2D eigenvalue weighted by atomic mass is 16.5. The summed E-state index contributed by atoms with van der Waals surface area (Å²) in [7, 11) is 2.37. The van der Waals surface area contributed by atoms with Crippen LogP contribution in [0.15, 0.2) is 36.4 Å². The Balaban J connectivity index is 1.84. The zero-order valence-corrected chi connectivity index (χ0v) is 24.5. The van der Waals surface area contributed by atoms with E-state index in [2.05, 4.69) is 10.6 Å². The van der Waals surface area contributed by atoms with Crippen LogP contribution in [-0.2, 0) is 28.7 Å². The fraction of sp³-hybridized carbons (Fsp3) is 0.400. The number of hydrogen-bond acceptors (Lipinski definition) is 10. The molecule has 0 bridgehead atoms. The largest absolute Gasteiger partial charge is 0.468 e. The molecule has 2 amide bonds. The summed E-state index contributed by atoms with van der Waals surface area (Å²) in [5.41, 5.74) is 10.1. The van der Waals surface area contributed by atoms with Crippen molar-refractivity contribution < 1.29 is 38.2 Å². The van der Waals surface area contributed by atoms with Crippen LogP contribution in [-0.4, -0.2) is 60.6 Å². The van der Waals surface area contributed by atoms with Crippen molar-refractivity contribution in [1.29, 1.82) is 0 Å². The number of ketones is 2. The Morgan fingerprint density at radius 2 is 1.00 bits per heavy atom. The van der Waals surface area contributed by atoms with E-state index in [0.29, 0.717) is 0 Å². The molecule has 0 heterocycles. The van der Waals surface area contributed by atoms with Gasteiger partial charge in [-0.1, -0.05) is 27.7 Å². The molecule has 0 radical (unpaired) electrons. The van der Waals surface area contributed by atoms with Gasteiger partial charge < -0.3 is 31.6 Å². The van der Waals surface area contributed by atoms with Crippen molar-refractivity contribution >= 4 is 46.7 Å². The molecule has 0 saturated carbocycles. The molecule has 0 aliphatic heterocycles. The average Bonchev–Trinajstić information content (AvgIpc) is 2.94. The molecule has 2 aromatic carbocycles. The van der Waals surface area contributed by atoms with Crippen LogP contribution in [0.3, 0.4) is 0 Å². The zero-order chi connectivity index (χ0) is 31.6. The second-order valence-electron chi connectivity index (χ2n) is 11.0. The van der Waals surface area contributed by atoms with Gasteiger partial charge in [-0.3, -0.25) is 28.8 Å². The summed E-state index contributed by atoms with van der Waals surface area (Å²) >= 11 is 0. The van der Waals surface area contributed by atoms with Crippen LogP contribution in [0, 0.1) is 11.8 Å². The number of amides is 2. The highest BCUT2D eigenvalue weighted by Crippen LogP contribution is 2.32. The van der Waals surface area contributed by atoms with E-state index in [1.807, 2.05) is 0 Å². The smallest absolute Gasteiger partial charge is 0.326 e. The summed E-state index contributed by atoms with van der Waals surface area (Å²) in [5, 5.41) is 5.25. The predicted octanol–water partition coefficient (Wildman–Crippen LogP) is 2.17. The quantitative estimate of drug-likeness (QED) is 0.258. The standard InChI is InChI=1S/C30H36N4O8/c1-15(2)29(31,27(39)41-5)13-23(35)33-17-7-9-19-21(11-17)26(38)22-12-18(8-10-20(22)25(19)37)34-24(36)14-30(32,16(3)4)28(40)42-6/h7-12,15-16H,13-14,31-32H2,1-6H3,(H,33,35)(H,34,36)/t29-,30-/m1/s1. The Morgan fingerprint density at radius 3 is 1.31 bits per heavy atom. The first-order chi connectivity index (χ1) is 19.6. The summed E-state index contributed by atoms with van der Waals surface area (Å²) in [6, 6.07) is 8.55. The van der Waals surface area contributed by atoms with Gasteiger partial charge in [-0.2, -0.15) is 0 Å². The van der Waals surface area contributed by atoms with Crippen molar-refractivity contribution in [2.24, 2.45) is 23.3 Å². The van der Waals surface area contributed by atoms with Crippen LogP contribution in [0.25, 0.3) is 0 Å². The SMILES string of the molecule is COC(=O)[C@@](N)(CC(=O)Nc1ccc2c(c1)C(=O)c1cc(NC(=O)C[C@](N)(C(=O)OC)C(C)C)ccc1C2=O)C(C)C. The first-order valence-electron chi connectivity index (χ1n) is 13.3. The third-order valence-electron chi connectivity index (χ3n) is 7.68. The molecule has 2 atom stereocenters. The van der Waals surface area contributed by atoms with Gasteiger partial charge in [0.05, 0.1) is 27.1 Å². The van der Waals surface area contributed by atoms with E-state index in [1.54, 1.807) is 27.7 Å². The van der Waals surface area contributed by atoms with Gasteiger partial charge in [0.25, 0.3) is 0 Å². The van der Waals surface area contributed by atoms with Gasteiger partial charge in [-0.25, -0.2) is 0 Å². The number of rotatable bonds is 10. The summed E-state index contributed by atoms with van der Waals surface area (Å²) in [6.07, 6.45) is -0.742. The lowest BCUT2D eigenvalue weighted by Crippen LogP contribution is -2.55. The number of hydrogen-bond donors (Lipinski definition) is 4. The van der Waals surface area contributed by atoms with Crippen LogP contribution in [0.4, 0.5) is 11.4 Å². The third-order valence-corrected chi connectivity index (χ3v) is 7.68. The molecule has 6 N–H and O–H groups in total. The highest BCUT2D eigenvalue weighted by molar-refractivity contribution is 6.29. The van der Waals surface area contributed by atoms with Crippen molar-refractivity contribution in [3.05, 3.63) is 58.7 Å². The van der Waals surface area contributed by atoms with Crippen molar-refractivity contribution in [2.45, 2.75) is 51.6 Å². The molecule has 0 spiro atoms. The molecular weight excluding hydrogens is 544 g/mol. The number of ether oxygens (including phenoxy) is 2. The van der Waals surface area contributed by atoms with Gasteiger partial charge in [-0.05, 0) is 48.2 Å². The summed E-state index contributed by atoms with van der Waals surface area (Å²) in [5.74, 6) is -4.35. The van der Waals surface area contributed by atoms with Crippen molar-refractivity contribution in [3.63, 3.8) is 0 Å². The van der Waals surface area contributed by atoms with E-state index in [4.69, 9.17) is 20.9 Å². The molecule has 1 aliphatic carbocycles. The van der Waals surface area contributed by atoms with Gasteiger partial charge in [0, 0.05) is 33.6 Å². The summed E-state index contributed by atoms with van der Waals surface area (Å²) in [4.78, 5) is 76.7. The number of nitrogens with one attached hydrogen (secondary N) is 2. The first-order valence-corrected chi connectivity index (χ1v) is 13.3. The highest BCUT2D eigenvalue weighted by Gasteiger charge is 2.42. The Morgan fingerprint density at radius 1 is 0.667 bits per heavy atom. The fourth-order valence-corrected chi connectivity index (χ4v) is 4.65. The lowest BCUT2D eigenvalue weighted by molar-refractivity contribution is -0.151. The number of anilines is 2. The number of fused-ring (bicyclic) bond motifs is 2. The number of benzene rings is 2. The molecule has 0 unspecified atom stereocenters. The van der Waals surface area contributed by atoms with Crippen molar-refractivity contribution in [3.8, 4) is 0 Å². The number of carbonyl (C=O) groups is 6. The molecule has 12 nitrogen and oxygen atoms in total. The van der Waals surface area contributed by atoms with Crippen LogP contribution in [0.1, 0.15) is 72.4 Å². The lowest BCUT2D eigenvalue weighted by atomic mass is 9.83. The minimum atomic E-state index is -1.56. The van der Waals surface area contributed by atoms with E-state index in [-0.39, 0.29) is 46.5 Å². The van der Waals surface area contributed by atoms with E-state index >= 15 is 0 Å². The van der Waals surface area contributed by atoms with Crippen LogP contribution in [0.2, 0.25) is 0 Å². The number of carbonyl (C=O) groups excluding carboxylic acids is 6. The van der Waals surface area contributed by atoms with Crippen LogP contribution < -0.4 is 22.1 Å². The van der Waals surface area contributed by atoms with Crippen molar-refractivity contribution in [1.82, 2.24) is 0 Å². The first kappa shape index (κ1) is 32.1. The average molecular weight is 581 g/mol. The summed E-state index contributed by atoms with van der Waals surface area (Å²) in [6.45, 7) is 6.77. The van der Waals surface area contributed by atoms with E-state index < -0.39 is 58.2 Å². The molecule has 42 heavy (non-hydrogen) atoms. The molecule has 1 aliphatic rings. The topological polar surface area (TPSA) is 197 Å². The van der Waals surface area contributed by atoms with Crippen molar-refractivity contribution in [2.75, 3.05) is 24.9 Å². The van der Waals surface area contributed by atoms with Crippen LogP contribution in [0.5, 0.6) is 0 Å². The molecule has 12 heteroatoms. The Hall–Kier alpha value is -4.42. The van der Waals surface area contributed by atoms with E-state index in [9.17, 15) is 28.8 Å². The van der Waals surface area contributed by atoms with Gasteiger partial charge >= 0.3 is 11.9 Å². The van der Waals surface area contributed by atoms with E-state index in [0.717, 1.165) is 0 Å². The number of nitrogens with two attached hydrogens (primary N) is 2. The molecular formula is C30H36N4O8. The second-order valence-corrected chi connectivity index (χ2v) is 11.0. The predicted molar refractivity (Wildman–Crippen MR) is 154 cm³/mol. The van der Waals surface area contributed by atoms with Gasteiger partial charge in [-0.15, -0.1) is 0 Å². The number of esters is 2. The zero-order valence-electron chi connectivity index (χ0n) is 24.5. The minimum absolute atomic E-state index is 0.0519. The maximum absolute atomic E-state index is 13.5. The van der Waals surface area contributed by atoms with Gasteiger partial charge in [0.15, 0.2) is 11.6 Å². The monoisotopic (exact) mass is 580 g/mol. The second kappa shape index (κ2) is 12.2. The lowest BCUT2D eigenvalue weighted by Gasteiger charge is -2.30. The van der Waals surface area contributed by atoms with Gasteiger partial charge in [0.2, 0.25) is 11.8 Å². The van der Waals surface area contributed by atoms with Gasteiger partial charge in [0.1, 0.15) is 11.1 Å². The maximum atomic E-state index is 13.5. The molecule has 3 rings (SSSR count). The van der Waals surface area contributed by atoms with E-state index in [1.165, 1.54) is 50.6 Å². The molecule has 224 valence electrons. The number of methoxy groups -OCH3 is 2. The molecule has 0 aromatic heterocycles. The minimum Gasteiger partial charge on any atom is -0.468 e. The third kappa shape index (κ3) is 6.09. The fourth-order valence-electron chi connectivity index (χ4n) is 4.65. The Bertz CT molecular complexity index is 1360. The molecule has 0 saturated heterocycles. The molecule has 0 fully saturated rings. The normalized spacial score (nSPS) is 15.2. The maximum Gasteiger partial charge on any atom is 0.326 e. The Labute approximate surface area is 243 Å². The van der Waals surface area contributed by atoms with Crippen LogP contribution >= 0.6 is 0 Å². The molecule has 2 aromatic rings. The summed E-state index contributed by atoms with van der Waals surface area (Å²) < 4.78 is 9.53. The Kier molecular flexibility index (Phi) is 9.33.